The third-order valence-electron chi connectivity index (χ3n) is 4.04. The number of unbranched alkanes of at least 4 members (excludes halogenated alkanes) is 1. The Bertz CT molecular complexity index is 737. The van der Waals surface area contributed by atoms with E-state index < -0.39 is 0 Å². The molecule has 0 aliphatic carbocycles. The van der Waals surface area contributed by atoms with Crippen molar-refractivity contribution in [3.63, 3.8) is 0 Å². The Morgan fingerprint density at radius 3 is 2.00 bits per heavy atom. The van der Waals surface area contributed by atoms with Crippen LogP contribution < -0.4 is 21.5 Å². The Morgan fingerprint density at radius 2 is 1.42 bits per heavy atom. The highest BCUT2D eigenvalue weighted by Crippen LogP contribution is 2.19. The van der Waals surface area contributed by atoms with Gasteiger partial charge in [-0.3, -0.25) is 10.9 Å². The second-order valence-electron chi connectivity index (χ2n) is 6.23. The number of hydrogen-bond donors (Lipinski definition) is 4. The van der Waals surface area contributed by atoms with Crippen LogP contribution in [0.15, 0.2) is 42.5 Å². The molecule has 0 saturated heterocycles. The van der Waals surface area contributed by atoms with Gasteiger partial charge in [-0.15, -0.1) is 0 Å². The van der Waals surface area contributed by atoms with E-state index in [2.05, 4.69) is 40.5 Å². The van der Waals surface area contributed by atoms with Crippen molar-refractivity contribution >= 4 is 46.0 Å². The second kappa shape index (κ2) is 10.1. The average molecular weight is 387 g/mol. The van der Waals surface area contributed by atoms with Gasteiger partial charge in [-0.2, -0.15) is 0 Å². The number of benzene rings is 2. The molecule has 0 aliphatic heterocycles. The molecule has 2 rings (SSSR count). The first-order chi connectivity index (χ1) is 12.5. The number of thiocarbonyl (C=S) groups is 2. The molecular formula is C20H26N4S2. The molecule has 4 N–H and O–H groups in total. The van der Waals surface area contributed by atoms with E-state index in [1.54, 1.807) is 0 Å². The molecule has 0 spiro atoms. The molecule has 2 aromatic carbocycles. The lowest BCUT2D eigenvalue weighted by Crippen LogP contribution is -2.45. The predicted molar refractivity (Wildman–Crippen MR) is 120 cm³/mol. The van der Waals surface area contributed by atoms with Crippen LogP contribution in [0.1, 0.15) is 36.5 Å². The van der Waals surface area contributed by atoms with Crippen LogP contribution in [0.2, 0.25) is 0 Å². The lowest BCUT2D eigenvalue weighted by molar-refractivity contribution is 0.795. The molecule has 0 aliphatic rings. The van der Waals surface area contributed by atoms with Gasteiger partial charge in [0.25, 0.3) is 0 Å². The molecule has 0 radical (unpaired) electrons. The summed E-state index contributed by atoms with van der Waals surface area (Å²) >= 11 is 10.6. The maximum Gasteiger partial charge on any atom is 0.189 e. The minimum Gasteiger partial charge on any atom is -0.331 e. The Balaban J connectivity index is 1.80. The lowest BCUT2D eigenvalue weighted by Gasteiger charge is -2.16. The zero-order valence-electron chi connectivity index (χ0n) is 15.5. The van der Waals surface area contributed by atoms with Crippen molar-refractivity contribution in [1.82, 2.24) is 10.9 Å². The summed E-state index contributed by atoms with van der Waals surface area (Å²) in [5.41, 5.74) is 11.4. The number of rotatable bonds is 5. The molecule has 4 nitrogen and oxygen atoms in total. The van der Waals surface area contributed by atoms with Crippen molar-refractivity contribution in [3.05, 3.63) is 59.2 Å². The molecule has 0 amide bonds. The highest BCUT2D eigenvalue weighted by molar-refractivity contribution is 7.81. The van der Waals surface area contributed by atoms with Crippen molar-refractivity contribution in [1.29, 1.82) is 0 Å². The van der Waals surface area contributed by atoms with E-state index in [-0.39, 0.29) is 0 Å². The summed E-state index contributed by atoms with van der Waals surface area (Å²) in [6.07, 6.45) is 3.52. The summed E-state index contributed by atoms with van der Waals surface area (Å²) in [5.74, 6) is 0. The fourth-order valence-corrected chi connectivity index (χ4v) is 2.89. The fraction of sp³-hybridized carbons (Fsp3) is 0.300. The van der Waals surface area contributed by atoms with Crippen molar-refractivity contribution in [2.45, 2.75) is 40.0 Å². The molecule has 0 aromatic heterocycles. The van der Waals surface area contributed by atoms with Gasteiger partial charge in [0.05, 0.1) is 0 Å². The molecule has 0 unspecified atom stereocenters. The van der Waals surface area contributed by atoms with Gasteiger partial charge in [0, 0.05) is 11.4 Å². The quantitative estimate of drug-likeness (QED) is 0.436. The van der Waals surface area contributed by atoms with E-state index in [0.29, 0.717) is 10.2 Å². The number of nitrogens with one attached hydrogen (secondary N) is 4. The molecule has 0 saturated carbocycles. The smallest absolute Gasteiger partial charge is 0.189 e. The molecular weight excluding hydrogens is 360 g/mol. The van der Waals surface area contributed by atoms with Crippen LogP contribution in [0.3, 0.4) is 0 Å². The van der Waals surface area contributed by atoms with E-state index in [1.165, 1.54) is 18.4 Å². The van der Waals surface area contributed by atoms with Crippen LogP contribution in [-0.4, -0.2) is 10.2 Å². The summed E-state index contributed by atoms with van der Waals surface area (Å²) in [6.45, 7) is 6.29. The Morgan fingerprint density at radius 1 is 0.846 bits per heavy atom. The van der Waals surface area contributed by atoms with Crippen LogP contribution in [-0.2, 0) is 6.42 Å². The molecule has 26 heavy (non-hydrogen) atoms. The van der Waals surface area contributed by atoms with Crippen molar-refractivity contribution < 1.29 is 0 Å². The zero-order chi connectivity index (χ0) is 18.9. The molecule has 0 bridgehead atoms. The van der Waals surface area contributed by atoms with Gasteiger partial charge in [0.1, 0.15) is 0 Å². The molecule has 138 valence electrons. The third kappa shape index (κ3) is 6.28. The minimum absolute atomic E-state index is 0.456. The number of hydrogen-bond acceptors (Lipinski definition) is 2. The van der Waals surface area contributed by atoms with Crippen LogP contribution in [0.5, 0.6) is 0 Å². The topological polar surface area (TPSA) is 48.1 Å². The van der Waals surface area contributed by atoms with Gasteiger partial charge in [0.15, 0.2) is 10.2 Å². The summed E-state index contributed by atoms with van der Waals surface area (Å²) in [4.78, 5) is 0. The van der Waals surface area contributed by atoms with Crippen molar-refractivity contribution in [2.75, 3.05) is 10.6 Å². The highest BCUT2D eigenvalue weighted by Gasteiger charge is 2.05. The van der Waals surface area contributed by atoms with E-state index in [4.69, 9.17) is 24.4 Å². The number of anilines is 2. The van der Waals surface area contributed by atoms with Crippen molar-refractivity contribution in [3.8, 4) is 0 Å². The van der Waals surface area contributed by atoms with E-state index >= 15 is 0 Å². The van der Waals surface area contributed by atoms with E-state index in [9.17, 15) is 0 Å². The number of aryl methyl sites for hydroxylation is 3. The first-order valence-electron chi connectivity index (χ1n) is 8.78. The molecule has 0 atom stereocenters. The van der Waals surface area contributed by atoms with Crippen molar-refractivity contribution in [2.24, 2.45) is 0 Å². The van der Waals surface area contributed by atoms with Crippen LogP contribution in [0.4, 0.5) is 11.4 Å². The van der Waals surface area contributed by atoms with Gasteiger partial charge >= 0.3 is 0 Å². The monoisotopic (exact) mass is 386 g/mol. The first kappa shape index (κ1) is 20.1. The number of hydrazine groups is 1. The summed E-state index contributed by atoms with van der Waals surface area (Å²) in [6, 6.07) is 14.4. The molecule has 0 fully saturated rings. The first-order valence-corrected chi connectivity index (χ1v) is 9.60. The Kier molecular flexibility index (Phi) is 7.81. The van der Waals surface area contributed by atoms with Gasteiger partial charge in [0.2, 0.25) is 0 Å². The van der Waals surface area contributed by atoms with Gasteiger partial charge < -0.3 is 10.6 Å². The normalized spacial score (nSPS) is 10.1. The largest absolute Gasteiger partial charge is 0.331 e. The van der Waals surface area contributed by atoms with Crippen LogP contribution >= 0.6 is 24.4 Å². The van der Waals surface area contributed by atoms with Gasteiger partial charge in [-0.25, -0.2) is 0 Å². The zero-order valence-corrected chi connectivity index (χ0v) is 17.1. The van der Waals surface area contributed by atoms with E-state index in [1.807, 2.05) is 44.2 Å². The summed E-state index contributed by atoms with van der Waals surface area (Å²) in [5, 5.41) is 7.25. The average Bonchev–Trinajstić information content (AvgIpc) is 2.62. The lowest BCUT2D eigenvalue weighted by atomic mass is 10.1. The molecule has 2 aromatic rings. The fourth-order valence-electron chi connectivity index (χ4n) is 2.57. The Hall–Kier alpha value is -2.18. The van der Waals surface area contributed by atoms with Gasteiger partial charge in [-0.1, -0.05) is 43.7 Å². The number of para-hydroxylation sites is 1. The standard InChI is InChI=1S/C20H26N4S2/c1-4-5-9-16-10-12-17(13-11-16)21-19(25)23-24-20(26)22-18-14(2)7-6-8-15(18)3/h6-8,10-13H,4-5,9H2,1-3H3,(H2,21,23,25)(H2,22,24,26). The highest BCUT2D eigenvalue weighted by atomic mass is 32.1. The van der Waals surface area contributed by atoms with E-state index in [0.717, 1.165) is 28.9 Å². The minimum atomic E-state index is 0.456. The SMILES string of the molecule is CCCCc1ccc(NC(=S)NNC(=S)Nc2c(C)cccc2C)cc1. The van der Waals surface area contributed by atoms with Crippen LogP contribution in [0.25, 0.3) is 0 Å². The summed E-state index contributed by atoms with van der Waals surface area (Å²) in [7, 11) is 0. The predicted octanol–water partition coefficient (Wildman–Crippen LogP) is 4.83. The molecule has 0 heterocycles. The van der Waals surface area contributed by atoms with Gasteiger partial charge in [-0.05, 0) is 79.9 Å². The third-order valence-corrected chi connectivity index (χ3v) is 4.45. The van der Waals surface area contributed by atoms with Crippen LogP contribution in [0, 0.1) is 13.8 Å². The maximum atomic E-state index is 5.32. The second-order valence-corrected chi connectivity index (χ2v) is 7.04. The Labute approximate surface area is 166 Å². The summed E-state index contributed by atoms with van der Waals surface area (Å²) < 4.78 is 0. The molecule has 6 heteroatoms. The maximum absolute atomic E-state index is 5.32.